The summed E-state index contributed by atoms with van der Waals surface area (Å²) in [6.07, 6.45) is -0.217. The summed E-state index contributed by atoms with van der Waals surface area (Å²) in [4.78, 5) is 0. The summed E-state index contributed by atoms with van der Waals surface area (Å²) in [5, 5.41) is 3.00. The van der Waals surface area contributed by atoms with Gasteiger partial charge in [-0.1, -0.05) is 15.9 Å². The van der Waals surface area contributed by atoms with Crippen molar-refractivity contribution in [1.82, 2.24) is 0 Å². The second kappa shape index (κ2) is 3.63. The molecule has 82 valence electrons. The van der Waals surface area contributed by atoms with Crippen LogP contribution in [0.2, 0.25) is 0 Å². The summed E-state index contributed by atoms with van der Waals surface area (Å²) in [6.45, 7) is 0. The minimum atomic E-state index is -2.50. The first-order valence-corrected chi connectivity index (χ1v) is 5.45. The van der Waals surface area contributed by atoms with Gasteiger partial charge in [0, 0.05) is 23.4 Å². The van der Waals surface area contributed by atoms with Crippen LogP contribution in [0.3, 0.4) is 0 Å². The van der Waals surface area contributed by atoms with Crippen LogP contribution in [0.15, 0.2) is 22.7 Å². The van der Waals surface area contributed by atoms with Crippen molar-refractivity contribution in [3.05, 3.63) is 22.7 Å². The van der Waals surface area contributed by atoms with Gasteiger partial charge in [-0.3, -0.25) is 0 Å². The molecular formula is C10H11BrF2N2. The molecule has 3 N–H and O–H groups in total. The van der Waals surface area contributed by atoms with E-state index in [0.717, 1.165) is 10.2 Å². The van der Waals surface area contributed by atoms with Crippen molar-refractivity contribution in [3.63, 3.8) is 0 Å². The standard InChI is InChI=1S/C10H11BrF2N2/c11-6-1-2-9(8(14)3-6)15-7-4-10(12,13)5-7/h1-3,7,15H,4-5,14H2. The van der Waals surface area contributed by atoms with Crippen LogP contribution in [0.4, 0.5) is 20.2 Å². The number of hydrogen-bond donors (Lipinski definition) is 2. The van der Waals surface area contributed by atoms with Crippen LogP contribution >= 0.6 is 15.9 Å². The van der Waals surface area contributed by atoms with Gasteiger partial charge >= 0.3 is 0 Å². The van der Waals surface area contributed by atoms with E-state index in [1.54, 1.807) is 12.1 Å². The highest BCUT2D eigenvalue weighted by Gasteiger charge is 2.45. The molecule has 5 heteroatoms. The molecule has 2 nitrogen and oxygen atoms in total. The number of nitrogens with two attached hydrogens (primary N) is 1. The van der Waals surface area contributed by atoms with Gasteiger partial charge in [0.15, 0.2) is 0 Å². The maximum Gasteiger partial charge on any atom is 0.252 e. The van der Waals surface area contributed by atoms with Crippen LogP contribution in [0, 0.1) is 0 Å². The molecule has 1 aliphatic carbocycles. The SMILES string of the molecule is Nc1cc(Br)ccc1NC1CC(F)(F)C1. The molecule has 1 aromatic rings. The van der Waals surface area contributed by atoms with Gasteiger partial charge in [0.1, 0.15) is 0 Å². The van der Waals surface area contributed by atoms with Gasteiger partial charge in [-0.05, 0) is 18.2 Å². The average molecular weight is 277 g/mol. The normalized spacial score (nSPS) is 19.7. The Hall–Kier alpha value is -0.840. The van der Waals surface area contributed by atoms with Gasteiger partial charge in [-0.15, -0.1) is 0 Å². The smallest absolute Gasteiger partial charge is 0.252 e. The fourth-order valence-electron chi connectivity index (χ4n) is 1.65. The van der Waals surface area contributed by atoms with E-state index < -0.39 is 5.92 Å². The summed E-state index contributed by atoms with van der Waals surface area (Å²) in [5.74, 6) is -2.50. The second-order valence-electron chi connectivity index (χ2n) is 3.84. The summed E-state index contributed by atoms with van der Waals surface area (Å²) < 4.78 is 26.0. The van der Waals surface area contributed by atoms with Gasteiger partial charge in [0.2, 0.25) is 0 Å². The van der Waals surface area contributed by atoms with Crippen molar-refractivity contribution in [2.75, 3.05) is 11.1 Å². The van der Waals surface area contributed by atoms with E-state index in [-0.39, 0.29) is 18.9 Å². The van der Waals surface area contributed by atoms with Crippen LogP contribution in [-0.2, 0) is 0 Å². The lowest BCUT2D eigenvalue weighted by Gasteiger charge is -2.36. The fraction of sp³-hybridized carbons (Fsp3) is 0.400. The van der Waals surface area contributed by atoms with E-state index in [9.17, 15) is 8.78 Å². The summed E-state index contributed by atoms with van der Waals surface area (Å²) in [6, 6.07) is 5.20. The number of anilines is 2. The second-order valence-corrected chi connectivity index (χ2v) is 4.75. The number of rotatable bonds is 2. The lowest BCUT2D eigenvalue weighted by Crippen LogP contribution is -2.44. The first-order valence-electron chi connectivity index (χ1n) is 4.66. The van der Waals surface area contributed by atoms with E-state index >= 15 is 0 Å². The van der Waals surface area contributed by atoms with Gasteiger partial charge in [-0.25, -0.2) is 8.78 Å². The number of alkyl halides is 2. The molecule has 0 unspecified atom stereocenters. The third kappa shape index (κ3) is 2.40. The largest absolute Gasteiger partial charge is 0.397 e. The van der Waals surface area contributed by atoms with Crippen molar-refractivity contribution in [1.29, 1.82) is 0 Å². The zero-order chi connectivity index (χ0) is 11.1. The Bertz CT molecular complexity index is 374. The van der Waals surface area contributed by atoms with E-state index in [4.69, 9.17) is 5.73 Å². The minimum absolute atomic E-state index is 0.109. The molecule has 1 saturated carbocycles. The number of nitrogen functional groups attached to an aromatic ring is 1. The zero-order valence-electron chi connectivity index (χ0n) is 7.93. The number of benzene rings is 1. The molecular weight excluding hydrogens is 266 g/mol. The van der Waals surface area contributed by atoms with Crippen molar-refractivity contribution in [2.45, 2.75) is 24.8 Å². The van der Waals surface area contributed by atoms with Gasteiger partial charge in [-0.2, -0.15) is 0 Å². The average Bonchev–Trinajstić information content (AvgIpc) is 2.06. The number of hydrogen-bond acceptors (Lipinski definition) is 2. The lowest BCUT2D eigenvalue weighted by molar-refractivity contribution is -0.0793. The molecule has 0 saturated heterocycles. The molecule has 1 aromatic carbocycles. The molecule has 0 spiro atoms. The van der Waals surface area contributed by atoms with E-state index in [0.29, 0.717) is 5.69 Å². The Morgan fingerprint density at radius 2 is 2.07 bits per heavy atom. The predicted octanol–water partition coefficient (Wildman–Crippen LogP) is 3.24. The summed E-state index contributed by atoms with van der Waals surface area (Å²) >= 11 is 3.28. The highest BCUT2D eigenvalue weighted by Crippen LogP contribution is 2.39. The van der Waals surface area contributed by atoms with Crippen LogP contribution in [-0.4, -0.2) is 12.0 Å². The van der Waals surface area contributed by atoms with Crippen LogP contribution in [0.1, 0.15) is 12.8 Å². The van der Waals surface area contributed by atoms with E-state index in [2.05, 4.69) is 21.2 Å². The van der Waals surface area contributed by atoms with Gasteiger partial charge in [0.05, 0.1) is 11.4 Å². The Kier molecular flexibility index (Phi) is 2.58. The maximum atomic E-state index is 12.6. The Labute approximate surface area is 95.0 Å². The van der Waals surface area contributed by atoms with E-state index in [1.165, 1.54) is 0 Å². The monoisotopic (exact) mass is 276 g/mol. The molecule has 0 aliphatic heterocycles. The topological polar surface area (TPSA) is 38.0 Å². The molecule has 0 bridgehead atoms. The first kappa shape index (κ1) is 10.7. The quantitative estimate of drug-likeness (QED) is 0.814. The van der Waals surface area contributed by atoms with Crippen LogP contribution in [0.5, 0.6) is 0 Å². The molecule has 2 rings (SSSR count). The first-order chi connectivity index (χ1) is 6.96. The van der Waals surface area contributed by atoms with Gasteiger partial charge < -0.3 is 11.1 Å². The highest BCUT2D eigenvalue weighted by atomic mass is 79.9. The third-order valence-corrected chi connectivity index (χ3v) is 2.96. The summed E-state index contributed by atoms with van der Waals surface area (Å²) in [7, 11) is 0. The molecule has 1 aliphatic rings. The van der Waals surface area contributed by atoms with Crippen LogP contribution < -0.4 is 11.1 Å². The minimum Gasteiger partial charge on any atom is -0.397 e. The molecule has 0 radical (unpaired) electrons. The predicted molar refractivity (Wildman–Crippen MR) is 60.1 cm³/mol. The van der Waals surface area contributed by atoms with Gasteiger partial charge in [0.25, 0.3) is 5.92 Å². The molecule has 0 heterocycles. The lowest BCUT2D eigenvalue weighted by atomic mass is 9.88. The maximum absolute atomic E-state index is 12.6. The van der Waals surface area contributed by atoms with E-state index in [1.807, 2.05) is 6.07 Å². The molecule has 0 amide bonds. The third-order valence-electron chi connectivity index (χ3n) is 2.46. The summed E-state index contributed by atoms with van der Waals surface area (Å²) in [5.41, 5.74) is 7.03. The Morgan fingerprint density at radius 1 is 1.40 bits per heavy atom. The van der Waals surface area contributed by atoms with Crippen molar-refractivity contribution >= 4 is 27.3 Å². The number of nitrogens with one attached hydrogen (secondary N) is 1. The Morgan fingerprint density at radius 3 is 2.60 bits per heavy atom. The molecule has 15 heavy (non-hydrogen) atoms. The number of halogens is 3. The highest BCUT2D eigenvalue weighted by molar-refractivity contribution is 9.10. The molecule has 0 aromatic heterocycles. The van der Waals surface area contributed by atoms with Crippen molar-refractivity contribution < 1.29 is 8.78 Å². The molecule has 0 atom stereocenters. The van der Waals surface area contributed by atoms with Crippen molar-refractivity contribution in [3.8, 4) is 0 Å². The Balaban J connectivity index is 2.00. The fourth-order valence-corrected chi connectivity index (χ4v) is 2.03. The zero-order valence-corrected chi connectivity index (χ0v) is 9.52. The van der Waals surface area contributed by atoms with Crippen molar-refractivity contribution in [2.24, 2.45) is 0 Å². The molecule has 1 fully saturated rings. The van der Waals surface area contributed by atoms with Crippen LogP contribution in [0.25, 0.3) is 0 Å².